The van der Waals surface area contributed by atoms with E-state index in [0.717, 1.165) is 51.1 Å². The molecule has 3 rings (SSSR count). The summed E-state index contributed by atoms with van der Waals surface area (Å²) in [5.41, 5.74) is 0. The Morgan fingerprint density at radius 1 is 1.27 bits per heavy atom. The van der Waals surface area contributed by atoms with Crippen LogP contribution in [0, 0.1) is 5.92 Å². The third-order valence-corrected chi connectivity index (χ3v) is 5.06. The molecular weight excluding hydrogens is 302 g/mol. The number of aromatic nitrogens is 1. The average Bonchev–Trinajstić information content (AvgIpc) is 2.52. The molecule has 0 aromatic carbocycles. The van der Waals surface area contributed by atoms with Crippen molar-refractivity contribution in [2.75, 3.05) is 43.9 Å². The predicted octanol–water partition coefficient (Wildman–Crippen LogP) is 0.958. The maximum absolute atomic E-state index is 11.1. The number of rotatable bonds is 4. The number of fused-ring (bicyclic) bond motifs is 1. The smallest absolute Gasteiger partial charge is 0.264 e. The first-order valence-corrected chi connectivity index (χ1v) is 9.57. The average molecular weight is 325 g/mol. The van der Waals surface area contributed by atoms with Crippen molar-refractivity contribution in [1.29, 1.82) is 0 Å². The Balaban J connectivity index is 1.54. The molecule has 0 amide bonds. The Hall–Kier alpha value is -1.18. The fourth-order valence-electron chi connectivity index (χ4n) is 3.36. The van der Waals surface area contributed by atoms with Crippen molar-refractivity contribution in [1.82, 2.24) is 9.88 Å². The number of nitrogens with zero attached hydrogens (tertiary/aromatic N) is 3. The molecule has 1 aromatic heterocycles. The zero-order valence-electron chi connectivity index (χ0n) is 12.9. The maximum Gasteiger partial charge on any atom is 0.264 e. The van der Waals surface area contributed by atoms with E-state index in [9.17, 15) is 8.42 Å². The first-order valence-electron chi connectivity index (χ1n) is 7.76. The van der Waals surface area contributed by atoms with Gasteiger partial charge in [0.15, 0.2) is 0 Å². The van der Waals surface area contributed by atoms with Crippen LogP contribution in [0.4, 0.5) is 5.82 Å². The van der Waals surface area contributed by atoms with Crippen LogP contribution >= 0.6 is 0 Å². The Kier molecular flexibility index (Phi) is 4.65. The van der Waals surface area contributed by atoms with Crippen molar-refractivity contribution in [3.63, 3.8) is 0 Å². The highest BCUT2D eigenvalue weighted by Crippen LogP contribution is 2.27. The summed E-state index contributed by atoms with van der Waals surface area (Å²) >= 11 is 0. The Labute approximate surface area is 132 Å². The lowest BCUT2D eigenvalue weighted by atomic mass is 9.91. The highest BCUT2D eigenvalue weighted by Gasteiger charge is 2.33. The van der Waals surface area contributed by atoms with Gasteiger partial charge in [-0.05, 0) is 30.9 Å². The van der Waals surface area contributed by atoms with E-state index in [1.165, 1.54) is 0 Å². The minimum Gasteiger partial charge on any atom is -0.354 e. The summed E-state index contributed by atoms with van der Waals surface area (Å²) in [6, 6.07) is 6.55. The van der Waals surface area contributed by atoms with E-state index in [-0.39, 0.29) is 0 Å². The zero-order valence-corrected chi connectivity index (χ0v) is 13.7. The topological polar surface area (TPSA) is 62.7 Å². The van der Waals surface area contributed by atoms with Crippen molar-refractivity contribution in [2.45, 2.75) is 18.9 Å². The molecule has 2 fully saturated rings. The molecule has 22 heavy (non-hydrogen) atoms. The zero-order chi connectivity index (χ0) is 15.6. The number of anilines is 1. The second-order valence-corrected chi connectivity index (χ2v) is 7.86. The number of hydrogen-bond donors (Lipinski definition) is 0. The van der Waals surface area contributed by atoms with E-state index in [1.54, 1.807) is 0 Å². The maximum atomic E-state index is 11.1. The second-order valence-electron chi connectivity index (χ2n) is 6.21. The van der Waals surface area contributed by atoms with Gasteiger partial charge in [-0.2, -0.15) is 8.42 Å². The summed E-state index contributed by atoms with van der Waals surface area (Å²) < 4.78 is 27.2. The first kappa shape index (κ1) is 15.7. The van der Waals surface area contributed by atoms with Gasteiger partial charge in [0.05, 0.1) is 12.9 Å². The molecule has 0 saturated carbocycles. The quantitative estimate of drug-likeness (QED) is 0.769. The van der Waals surface area contributed by atoms with Crippen LogP contribution in [0.5, 0.6) is 0 Å². The molecule has 2 unspecified atom stereocenters. The molecule has 0 spiro atoms. The van der Waals surface area contributed by atoms with Gasteiger partial charge in [0.2, 0.25) is 0 Å². The van der Waals surface area contributed by atoms with E-state index in [1.807, 2.05) is 18.3 Å². The van der Waals surface area contributed by atoms with Crippen molar-refractivity contribution in [2.24, 2.45) is 5.92 Å². The third-order valence-electron chi connectivity index (χ3n) is 4.50. The summed E-state index contributed by atoms with van der Waals surface area (Å²) in [4.78, 5) is 9.25. The van der Waals surface area contributed by atoms with E-state index < -0.39 is 10.1 Å². The van der Waals surface area contributed by atoms with Crippen molar-refractivity contribution < 1.29 is 12.6 Å². The van der Waals surface area contributed by atoms with Crippen LogP contribution in [0.1, 0.15) is 12.8 Å². The minimum absolute atomic E-state index is 0.312. The van der Waals surface area contributed by atoms with Gasteiger partial charge in [0, 0.05) is 38.4 Å². The monoisotopic (exact) mass is 325 g/mol. The fraction of sp³-hybridized carbons (Fsp3) is 0.667. The lowest BCUT2D eigenvalue weighted by Crippen LogP contribution is -2.57. The van der Waals surface area contributed by atoms with Gasteiger partial charge in [-0.15, -0.1) is 0 Å². The molecule has 2 atom stereocenters. The van der Waals surface area contributed by atoms with Crippen LogP contribution in [0.2, 0.25) is 0 Å². The van der Waals surface area contributed by atoms with Crippen LogP contribution in [-0.2, 0) is 14.3 Å². The molecule has 1 aromatic rings. The number of piperazine rings is 1. The highest BCUT2D eigenvalue weighted by atomic mass is 32.2. The molecule has 2 aliphatic heterocycles. The minimum atomic E-state index is -3.33. The van der Waals surface area contributed by atoms with Crippen LogP contribution in [0.3, 0.4) is 0 Å². The third kappa shape index (κ3) is 3.97. The van der Waals surface area contributed by atoms with Crippen molar-refractivity contribution in [3.8, 4) is 0 Å². The Morgan fingerprint density at radius 2 is 2.14 bits per heavy atom. The van der Waals surface area contributed by atoms with Crippen molar-refractivity contribution in [3.05, 3.63) is 24.4 Å². The molecule has 2 aliphatic rings. The van der Waals surface area contributed by atoms with Crippen LogP contribution in [-0.4, -0.2) is 63.4 Å². The predicted molar refractivity (Wildman–Crippen MR) is 85.3 cm³/mol. The van der Waals surface area contributed by atoms with Gasteiger partial charge in [-0.1, -0.05) is 6.07 Å². The summed E-state index contributed by atoms with van der Waals surface area (Å²) in [7, 11) is -3.33. The van der Waals surface area contributed by atoms with Crippen LogP contribution in [0.25, 0.3) is 0 Å². The lowest BCUT2D eigenvalue weighted by molar-refractivity contribution is 0.0743. The van der Waals surface area contributed by atoms with E-state index >= 15 is 0 Å². The molecule has 6 nitrogen and oxygen atoms in total. The standard InChI is InChI=1S/C15H23N3O3S/c1-22(19,20)21-12-13-5-6-14-11-18(9-8-17(14)10-13)15-4-2-3-7-16-15/h2-4,7,13-14H,5-6,8-12H2,1H3. The van der Waals surface area contributed by atoms with Gasteiger partial charge < -0.3 is 4.90 Å². The Bertz CT molecular complexity index is 593. The molecule has 3 heterocycles. The molecule has 122 valence electrons. The molecule has 0 bridgehead atoms. The fourth-order valence-corrected chi connectivity index (χ4v) is 3.80. The summed E-state index contributed by atoms with van der Waals surface area (Å²) in [5.74, 6) is 1.36. The van der Waals surface area contributed by atoms with Crippen LogP contribution < -0.4 is 4.90 Å². The van der Waals surface area contributed by atoms with Gasteiger partial charge >= 0.3 is 0 Å². The molecule has 7 heteroatoms. The summed E-state index contributed by atoms with van der Waals surface area (Å²) in [6.45, 7) is 4.20. The lowest BCUT2D eigenvalue weighted by Gasteiger charge is -2.46. The SMILES string of the molecule is CS(=O)(=O)OCC1CCC2CN(c3ccccn3)CCN2C1. The van der Waals surface area contributed by atoms with E-state index in [4.69, 9.17) is 4.18 Å². The molecular formula is C15H23N3O3S. The van der Waals surface area contributed by atoms with E-state index in [0.29, 0.717) is 18.6 Å². The molecule has 0 N–H and O–H groups in total. The second kappa shape index (κ2) is 6.52. The number of pyridine rings is 1. The van der Waals surface area contributed by atoms with Crippen molar-refractivity contribution >= 4 is 15.9 Å². The molecule has 2 saturated heterocycles. The molecule has 0 aliphatic carbocycles. The number of piperidine rings is 1. The summed E-state index contributed by atoms with van der Waals surface area (Å²) in [5, 5.41) is 0. The Morgan fingerprint density at radius 3 is 2.86 bits per heavy atom. The largest absolute Gasteiger partial charge is 0.354 e. The summed E-state index contributed by atoms with van der Waals surface area (Å²) in [6.07, 6.45) is 5.05. The van der Waals surface area contributed by atoms with Crippen LogP contribution in [0.15, 0.2) is 24.4 Å². The highest BCUT2D eigenvalue weighted by molar-refractivity contribution is 7.85. The van der Waals surface area contributed by atoms with Gasteiger partial charge in [-0.25, -0.2) is 4.98 Å². The van der Waals surface area contributed by atoms with E-state index in [2.05, 4.69) is 20.9 Å². The number of hydrogen-bond acceptors (Lipinski definition) is 6. The van der Waals surface area contributed by atoms with Gasteiger partial charge in [0.25, 0.3) is 10.1 Å². The van der Waals surface area contributed by atoms with Gasteiger partial charge in [0.1, 0.15) is 5.82 Å². The normalized spacial score (nSPS) is 26.7. The first-order chi connectivity index (χ1) is 10.5. The van der Waals surface area contributed by atoms with Gasteiger partial charge in [-0.3, -0.25) is 9.08 Å². The molecule has 0 radical (unpaired) electrons.